The van der Waals surface area contributed by atoms with E-state index < -0.39 is 10.9 Å². The van der Waals surface area contributed by atoms with Gasteiger partial charge in [0.1, 0.15) is 0 Å². The number of hydrogen-bond donors (Lipinski definition) is 0. The van der Waals surface area contributed by atoms with Crippen molar-refractivity contribution in [3.05, 3.63) is 145 Å². The largest absolute Gasteiger partial charge is 2.00 e. The van der Waals surface area contributed by atoms with Gasteiger partial charge in [0.25, 0.3) is 5.43 Å². The van der Waals surface area contributed by atoms with Crippen molar-refractivity contribution in [2.24, 2.45) is 0 Å². The molecule has 3 aromatic carbocycles. The third kappa shape index (κ3) is 5.96. The molecule has 0 aliphatic carbocycles. The van der Waals surface area contributed by atoms with Crippen LogP contribution >= 0.6 is 0 Å². The number of aromatic nitrogens is 4. The molecule has 8 bridgehead atoms. The molecule has 0 saturated heterocycles. The fourth-order valence-electron chi connectivity index (χ4n) is 6.07. The smallest absolute Gasteiger partial charge is 0.657 e. The van der Waals surface area contributed by atoms with Gasteiger partial charge in [-0.25, -0.2) is 9.97 Å². The summed E-state index contributed by atoms with van der Waals surface area (Å²) >= 11 is 0. The second-order valence-corrected chi connectivity index (χ2v) is 11.9. The quantitative estimate of drug-likeness (QED) is 0.130. The summed E-state index contributed by atoms with van der Waals surface area (Å²) in [6.07, 6.45) is 11.1. The average Bonchev–Trinajstić information content (AvgIpc) is 3.93. The van der Waals surface area contributed by atoms with Crippen molar-refractivity contribution < 1.29 is 24.2 Å². The summed E-state index contributed by atoms with van der Waals surface area (Å²) in [6, 6.07) is 30.0. The number of hydrogen-bond acceptors (Lipinski definition) is 5. The summed E-state index contributed by atoms with van der Waals surface area (Å²) in [6.45, 7) is 3.64. The van der Waals surface area contributed by atoms with Crippen LogP contribution in [0.15, 0.2) is 101 Å². The predicted molar refractivity (Wildman–Crippen MR) is 194 cm³/mol. The Morgan fingerprint density at radius 3 is 1.88 bits per heavy atom. The Kier molecular flexibility index (Phi) is 8.49. The maximum atomic E-state index is 12.6. The molecule has 0 N–H and O–H groups in total. The first-order valence-electron chi connectivity index (χ1n) is 15.7. The third-order valence-corrected chi connectivity index (χ3v) is 8.27. The second kappa shape index (κ2) is 13.1. The standard InChI is InChI=1S/C41H30N4O3.Zn/c1-24(2)48-41-30(39(46)40(41)47)16-15-29-31-19-21-35(44-31)37(25-9-5-3-6-10-25)33-17-13-27(42-33)23-28-14-18-34(43-28)38(26-11-7-4-8-12-26)36-22-20-32(29)45-36;/h3-24H,1-2H3,(H2,42,43,44,45,46,47);/q;+2/p-2. The summed E-state index contributed by atoms with van der Waals surface area (Å²) < 4.78 is 5.69. The molecule has 0 radical (unpaired) electrons. The Bertz CT molecular complexity index is 2510. The van der Waals surface area contributed by atoms with Gasteiger partial charge in [-0.15, -0.1) is 22.1 Å². The SMILES string of the molecule is CC(C)Oc1c(/C=C/c2c3nc(c(-c4ccccc4)c4ccc(cc5nc(c(-c6ccccc6)c6ccc2[n-]6)C=C5)[n-]4)C=C3)c(=O)c1=O.[Zn+2]. The minimum atomic E-state index is -0.613. The maximum absolute atomic E-state index is 12.6. The maximum Gasteiger partial charge on any atom is 2.00 e. The molecule has 49 heavy (non-hydrogen) atoms. The van der Waals surface area contributed by atoms with Crippen LogP contribution < -0.4 is 25.6 Å². The molecule has 5 heterocycles. The normalized spacial score (nSPS) is 12.2. The van der Waals surface area contributed by atoms with Crippen molar-refractivity contribution in [3.63, 3.8) is 0 Å². The Morgan fingerprint density at radius 2 is 1.18 bits per heavy atom. The molecule has 6 aromatic rings. The van der Waals surface area contributed by atoms with Crippen LogP contribution in [0.25, 0.3) is 80.8 Å². The molecule has 0 atom stereocenters. The van der Waals surface area contributed by atoms with Gasteiger partial charge >= 0.3 is 19.5 Å². The second-order valence-electron chi connectivity index (χ2n) is 11.9. The molecule has 8 rings (SSSR count). The minimum Gasteiger partial charge on any atom is -0.657 e. The van der Waals surface area contributed by atoms with E-state index in [0.717, 1.165) is 55.9 Å². The first-order valence-corrected chi connectivity index (χ1v) is 15.7. The number of fused-ring (bicyclic) bond motifs is 8. The van der Waals surface area contributed by atoms with Gasteiger partial charge < -0.3 is 14.7 Å². The Balaban J connectivity index is 0.00000378. The van der Waals surface area contributed by atoms with E-state index in [0.29, 0.717) is 16.8 Å². The number of rotatable bonds is 6. The number of benzene rings is 2. The van der Waals surface area contributed by atoms with Crippen LogP contribution in [0, 0.1) is 0 Å². The number of ether oxygens (including phenoxy) is 1. The first kappa shape index (κ1) is 31.9. The zero-order chi connectivity index (χ0) is 32.8. The minimum absolute atomic E-state index is 0. The fourth-order valence-corrected chi connectivity index (χ4v) is 6.07. The fraction of sp³-hybridized carbons (Fsp3) is 0.0732. The van der Waals surface area contributed by atoms with E-state index in [4.69, 9.17) is 24.7 Å². The Hall–Kier alpha value is -5.72. The Labute approximate surface area is 294 Å². The van der Waals surface area contributed by atoms with Crippen molar-refractivity contribution in [3.8, 4) is 28.0 Å². The Morgan fingerprint density at radius 1 is 0.612 bits per heavy atom. The van der Waals surface area contributed by atoms with E-state index in [9.17, 15) is 9.59 Å². The average molecular weight is 690 g/mol. The van der Waals surface area contributed by atoms with E-state index in [1.165, 1.54) is 0 Å². The molecule has 0 saturated carbocycles. The number of nitrogens with zero attached hydrogens (tertiary/aromatic N) is 4. The molecule has 7 nitrogen and oxygen atoms in total. The van der Waals surface area contributed by atoms with Gasteiger partial charge in [-0.1, -0.05) is 97.1 Å². The molecule has 232 valence electrons. The molecule has 2 aliphatic rings. The summed E-state index contributed by atoms with van der Waals surface area (Å²) in [7, 11) is 0. The molecule has 3 aromatic heterocycles. The summed E-state index contributed by atoms with van der Waals surface area (Å²) in [5.74, 6) is 0.0831. The van der Waals surface area contributed by atoms with Crippen molar-refractivity contribution in [2.75, 3.05) is 0 Å². The summed E-state index contributed by atoms with van der Waals surface area (Å²) in [4.78, 5) is 45.2. The van der Waals surface area contributed by atoms with E-state index in [-0.39, 0.29) is 36.9 Å². The van der Waals surface area contributed by atoms with E-state index >= 15 is 0 Å². The molecule has 2 aliphatic heterocycles. The van der Waals surface area contributed by atoms with Crippen LogP contribution in [-0.4, -0.2) is 16.1 Å². The summed E-state index contributed by atoms with van der Waals surface area (Å²) in [5.41, 5.74) is 9.43. The van der Waals surface area contributed by atoms with Crippen LogP contribution in [0.1, 0.15) is 47.8 Å². The van der Waals surface area contributed by atoms with Crippen molar-refractivity contribution >= 4 is 58.5 Å². The van der Waals surface area contributed by atoms with Gasteiger partial charge in [0, 0.05) is 0 Å². The molecule has 0 amide bonds. The van der Waals surface area contributed by atoms with Crippen molar-refractivity contribution in [2.45, 2.75) is 20.0 Å². The molecular formula is C41H28N4O3Zn. The van der Waals surface area contributed by atoms with Crippen molar-refractivity contribution in [1.29, 1.82) is 0 Å². The van der Waals surface area contributed by atoms with Gasteiger partial charge in [0.2, 0.25) is 5.43 Å². The van der Waals surface area contributed by atoms with Crippen molar-refractivity contribution in [1.82, 2.24) is 19.9 Å². The summed E-state index contributed by atoms with van der Waals surface area (Å²) in [5, 5.41) is 0. The van der Waals surface area contributed by atoms with Gasteiger partial charge in [-0.3, -0.25) is 9.59 Å². The topological polar surface area (TPSA) is 97.3 Å². The van der Waals surface area contributed by atoms with Gasteiger partial charge in [-0.2, -0.15) is 0 Å². The molecular weight excluding hydrogens is 662 g/mol. The molecule has 8 heteroatoms. The first-order chi connectivity index (χ1) is 23.4. The van der Waals surface area contributed by atoms with Gasteiger partial charge in [-0.05, 0) is 72.0 Å². The molecule has 0 unspecified atom stereocenters. The van der Waals surface area contributed by atoms with Gasteiger partial charge in [0.05, 0.1) is 34.4 Å². The van der Waals surface area contributed by atoms with Gasteiger partial charge in [0.15, 0.2) is 5.75 Å². The predicted octanol–water partition coefficient (Wildman–Crippen LogP) is 7.80. The zero-order valence-electron chi connectivity index (χ0n) is 26.9. The van der Waals surface area contributed by atoms with Crippen LogP contribution in [0.2, 0.25) is 0 Å². The molecule has 0 fully saturated rings. The zero-order valence-corrected chi connectivity index (χ0v) is 29.9. The van der Waals surface area contributed by atoms with E-state index in [2.05, 4.69) is 0 Å². The monoisotopic (exact) mass is 688 g/mol. The van der Waals surface area contributed by atoms with Crippen LogP contribution in [0.5, 0.6) is 5.75 Å². The van der Waals surface area contributed by atoms with Crippen LogP contribution in [0.4, 0.5) is 0 Å². The third-order valence-electron chi connectivity index (χ3n) is 8.27. The van der Waals surface area contributed by atoms with Crippen LogP contribution in [0.3, 0.4) is 0 Å². The van der Waals surface area contributed by atoms with Crippen LogP contribution in [-0.2, 0) is 19.5 Å². The van der Waals surface area contributed by atoms with E-state index in [1.54, 1.807) is 12.2 Å². The van der Waals surface area contributed by atoms with E-state index in [1.807, 2.05) is 129 Å². The molecule has 0 spiro atoms.